The van der Waals surface area contributed by atoms with E-state index in [0.717, 1.165) is 10.5 Å². The van der Waals surface area contributed by atoms with Gasteiger partial charge in [0.15, 0.2) is 6.10 Å². The summed E-state index contributed by atoms with van der Waals surface area (Å²) in [6, 6.07) is 22.3. The number of hydrogen-bond donors (Lipinski definition) is 0. The van der Waals surface area contributed by atoms with Crippen LogP contribution in [0.2, 0.25) is 10.0 Å². The van der Waals surface area contributed by atoms with E-state index in [4.69, 9.17) is 47.2 Å². The lowest BCUT2D eigenvalue weighted by Gasteiger charge is -2.49. The average molecular weight is 584 g/mol. The molecule has 3 unspecified atom stereocenters. The second-order valence-electron chi connectivity index (χ2n) is 8.95. The molecule has 1 saturated heterocycles. The smallest absolute Gasteiger partial charge is 0.413 e. The highest BCUT2D eigenvalue weighted by molar-refractivity contribution is 6.32. The van der Waals surface area contributed by atoms with Crippen molar-refractivity contribution < 1.29 is 38.4 Å². The van der Waals surface area contributed by atoms with E-state index >= 15 is 0 Å². The minimum Gasteiger partial charge on any atom is -0.497 e. The van der Waals surface area contributed by atoms with Crippen molar-refractivity contribution in [2.24, 2.45) is 0 Å². The molecule has 11 heteroatoms. The lowest BCUT2D eigenvalue weighted by atomic mass is 9.77. The molecular weight excluding hydrogens is 561 g/mol. The number of hydrogen-bond acceptors (Lipinski definition) is 8. The molecule has 0 aliphatic carbocycles. The monoisotopic (exact) mass is 583 g/mol. The second kappa shape index (κ2) is 11.6. The third-order valence-electron chi connectivity index (χ3n) is 6.62. The second-order valence-corrected chi connectivity index (χ2v) is 9.76. The number of cyclic esters (lactones) is 1. The predicted octanol–water partition coefficient (Wildman–Crippen LogP) is 5.51. The molecule has 206 valence electrons. The molecule has 2 heterocycles. The van der Waals surface area contributed by atoms with Gasteiger partial charge in [0, 0.05) is 15.6 Å². The normalized spacial score (nSPS) is 21.2. The maximum Gasteiger partial charge on any atom is 0.413 e. The maximum atomic E-state index is 13.9. The number of carbonyl (C=O) groups is 3. The molecule has 40 heavy (non-hydrogen) atoms. The third kappa shape index (κ3) is 5.11. The zero-order valence-electron chi connectivity index (χ0n) is 21.1. The summed E-state index contributed by atoms with van der Waals surface area (Å²) in [5.74, 6) is -2.56. The van der Waals surface area contributed by atoms with Crippen LogP contribution >= 0.6 is 23.2 Å². The number of halogens is 2. The Balaban J connectivity index is 1.72. The Hall–Kier alpha value is -4.05. The van der Waals surface area contributed by atoms with Gasteiger partial charge in [-0.25, -0.2) is 14.4 Å². The molecule has 0 aromatic heterocycles. The maximum absolute atomic E-state index is 13.9. The Labute approximate surface area is 239 Å². The molecule has 5 rings (SSSR count). The summed E-state index contributed by atoms with van der Waals surface area (Å²) >= 11 is 13.4. The van der Waals surface area contributed by atoms with Crippen LogP contribution in [-0.2, 0) is 45.9 Å². The van der Waals surface area contributed by atoms with Crippen molar-refractivity contribution in [2.75, 3.05) is 13.7 Å². The van der Waals surface area contributed by atoms with Crippen LogP contribution in [0.1, 0.15) is 22.6 Å². The molecule has 0 bridgehead atoms. The van der Waals surface area contributed by atoms with E-state index in [1.807, 2.05) is 6.07 Å². The number of nitrogens with zero attached hydrogens (tertiary/aromatic N) is 1. The molecular formula is C29H23Cl2NO8. The van der Waals surface area contributed by atoms with Crippen LogP contribution in [-0.4, -0.2) is 42.7 Å². The van der Waals surface area contributed by atoms with Crippen molar-refractivity contribution >= 4 is 41.2 Å². The summed E-state index contributed by atoms with van der Waals surface area (Å²) in [5.41, 5.74) is -0.691. The lowest BCUT2D eigenvalue weighted by Crippen LogP contribution is -2.62. The molecule has 2 aliphatic heterocycles. The fourth-order valence-electron chi connectivity index (χ4n) is 4.88. The SMILES string of the molecule is COC1=CC(=O)OC1C(c1ccccc1Cl)C1(c2ccccc2Cl)OOC(=O)CN1C(=O)OCc1ccccc1. The molecule has 1 fully saturated rings. The number of methoxy groups -OCH3 is 1. The molecule has 0 saturated carbocycles. The summed E-state index contributed by atoms with van der Waals surface area (Å²) in [6.45, 7) is -0.672. The highest BCUT2D eigenvalue weighted by Crippen LogP contribution is 2.53. The van der Waals surface area contributed by atoms with Crippen LogP contribution in [0.4, 0.5) is 4.79 Å². The van der Waals surface area contributed by atoms with E-state index in [1.54, 1.807) is 72.8 Å². The number of benzene rings is 3. The largest absolute Gasteiger partial charge is 0.497 e. The third-order valence-corrected chi connectivity index (χ3v) is 7.29. The van der Waals surface area contributed by atoms with E-state index in [0.29, 0.717) is 5.56 Å². The van der Waals surface area contributed by atoms with Crippen LogP contribution in [0.3, 0.4) is 0 Å². The van der Waals surface area contributed by atoms with Crippen LogP contribution < -0.4 is 0 Å². The highest BCUT2D eigenvalue weighted by Gasteiger charge is 2.61. The Morgan fingerprint density at radius 3 is 2.38 bits per heavy atom. The summed E-state index contributed by atoms with van der Waals surface area (Å²) in [5, 5.41) is 0.432. The number of ether oxygens (including phenoxy) is 3. The number of rotatable bonds is 7. The molecule has 3 aromatic rings. The van der Waals surface area contributed by atoms with Crippen LogP contribution in [0.5, 0.6) is 0 Å². The molecule has 0 N–H and O–H groups in total. The van der Waals surface area contributed by atoms with Crippen LogP contribution in [0, 0.1) is 0 Å². The first kappa shape index (κ1) is 27.5. The van der Waals surface area contributed by atoms with Gasteiger partial charge in [0.05, 0.1) is 19.1 Å². The summed E-state index contributed by atoms with van der Waals surface area (Å²) in [7, 11) is 1.38. The van der Waals surface area contributed by atoms with E-state index in [2.05, 4.69) is 0 Å². The van der Waals surface area contributed by atoms with Crippen molar-refractivity contribution in [3.05, 3.63) is 117 Å². The van der Waals surface area contributed by atoms with Crippen LogP contribution in [0.15, 0.2) is 90.7 Å². The minimum absolute atomic E-state index is 0.0950. The Bertz CT molecular complexity index is 1460. The van der Waals surface area contributed by atoms with Gasteiger partial charge in [-0.1, -0.05) is 89.9 Å². The standard InChI is InChI=1S/C29H23Cl2NO8/c1-36-23-15-24(33)38-27(23)26(19-11-5-7-13-21(19)30)29(20-12-6-8-14-22(20)31)32(16-25(34)39-40-29)28(35)37-17-18-9-3-2-4-10-18/h2-15,26-27H,16-17H2,1H3. The van der Waals surface area contributed by atoms with Crippen molar-refractivity contribution in [1.29, 1.82) is 0 Å². The van der Waals surface area contributed by atoms with Gasteiger partial charge < -0.3 is 14.2 Å². The topological polar surface area (TPSA) is 101 Å². The van der Waals surface area contributed by atoms with E-state index in [-0.39, 0.29) is 28.0 Å². The predicted molar refractivity (Wildman–Crippen MR) is 143 cm³/mol. The molecule has 0 spiro atoms. The van der Waals surface area contributed by atoms with Gasteiger partial charge in [0.1, 0.15) is 18.9 Å². The first-order valence-corrected chi connectivity index (χ1v) is 12.9. The highest BCUT2D eigenvalue weighted by atomic mass is 35.5. The summed E-state index contributed by atoms with van der Waals surface area (Å²) < 4.78 is 16.9. The Kier molecular flexibility index (Phi) is 7.97. The van der Waals surface area contributed by atoms with Crippen molar-refractivity contribution in [1.82, 2.24) is 4.90 Å². The number of esters is 1. The minimum atomic E-state index is -2.03. The van der Waals surface area contributed by atoms with E-state index in [9.17, 15) is 14.4 Å². The summed E-state index contributed by atoms with van der Waals surface area (Å²) in [4.78, 5) is 51.1. The van der Waals surface area contributed by atoms with Crippen molar-refractivity contribution in [3.8, 4) is 0 Å². The zero-order valence-corrected chi connectivity index (χ0v) is 22.6. The van der Waals surface area contributed by atoms with Gasteiger partial charge in [-0.2, -0.15) is 4.89 Å². The fraction of sp³-hybridized carbons (Fsp3) is 0.207. The quantitative estimate of drug-likeness (QED) is 0.265. The number of carbonyl (C=O) groups excluding carboxylic acids is 3. The van der Waals surface area contributed by atoms with Gasteiger partial charge in [-0.3, -0.25) is 9.79 Å². The van der Waals surface area contributed by atoms with E-state index in [1.165, 1.54) is 13.2 Å². The Morgan fingerprint density at radius 1 is 1.00 bits per heavy atom. The van der Waals surface area contributed by atoms with Crippen molar-refractivity contribution in [2.45, 2.75) is 24.4 Å². The molecule has 9 nitrogen and oxygen atoms in total. The average Bonchev–Trinajstić information content (AvgIpc) is 3.34. The van der Waals surface area contributed by atoms with Crippen molar-refractivity contribution in [3.63, 3.8) is 0 Å². The van der Waals surface area contributed by atoms with Gasteiger partial charge in [0.25, 0.3) is 0 Å². The van der Waals surface area contributed by atoms with Gasteiger partial charge in [-0.05, 0) is 23.3 Å². The lowest BCUT2D eigenvalue weighted by molar-refractivity contribution is -0.400. The van der Waals surface area contributed by atoms with Crippen LogP contribution in [0.25, 0.3) is 0 Å². The zero-order chi connectivity index (χ0) is 28.3. The fourth-order valence-corrected chi connectivity index (χ4v) is 5.41. The summed E-state index contributed by atoms with van der Waals surface area (Å²) in [6.07, 6.45) is -0.901. The van der Waals surface area contributed by atoms with Gasteiger partial charge >= 0.3 is 18.0 Å². The van der Waals surface area contributed by atoms with Gasteiger partial charge in [0.2, 0.25) is 5.72 Å². The molecule has 3 atom stereocenters. The molecule has 2 aliphatic rings. The molecule has 1 amide bonds. The number of amides is 1. The molecule has 0 radical (unpaired) electrons. The first-order chi connectivity index (χ1) is 19.3. The van der Waals surface area contributed by atoms with Gasteiger partial charge in [-0.15, -0.1) is 0 Å². The van der Waals surface area contributed by atoms with E-state index < -0.39 is 42.3 Å². The first-order valence-electron chi connectivity index (χ1n) is 12.2. The molecule has 3 aromatic carbocycles. The Morgan fingerprint density at radius 2 is 1.68 bits per heavy atom.